The van der Waals surface area contributed by atoms with Crippen LogP contribution in [0.5, 0.6) is 0 Å². The molecule has 0 radical (unpaired) electrons. The summed E-state index contributed by atoms with van der Waals surface area (Å²) in [5.41, 5.74) is 0. The van der Waals surface area contributed by atoms with Crippen LogP contribution in [0.15, 0.2) is 29.1 Å². The van der Waals surface area contributed by atoms with Gasteiger partial charge in [0.2, 0.25) is 0 Å². The molecule has 0 spiro atoms. The molecule has 0 bridgehead atoms. The van der Waals surface area contributed by atoms with Gasteiger partial charge in [0, 0.05) is 25.5 Å². The molecule has 0 amide bonds. The van der Waals surface area contributed by atoms with Gasteiger partial charge in [-0.1, -0.05) is 22.9 Å². The second-order valence-corrected chi connectivity index (χ2v) is 7.44. The molecule has 0 aliphatic carbocycles. The molecule has 0 atom stereocenters. The molecule has 2 aromatic rings. The Balaban J connectivity index is 1.73. The number of thiazole rings is 1. The molecule has 0 aromatic carbocycles. The minimum Gasteiger partial charge on any atom is -0.337 e. The Morgan fingerprint density at radius 2 is 2.26 bits per heavy atom. The smallest absolute Gasteiger partial charge is 0.251 e. The van der Waals surface area contributed by atoms with Crippen molar-refractivity contribution in [1.29, 1.82) is 0 Å². The van der Waals surface area contributed by atoms with Crippen LogP contribution in [-0.2, 0) is 16.6 Å². The average Bonchev–Trinajstić information content (AvgIpc) is 3.00. The third-order valence-corrected chi connectivity index (χ3v) is 5.45. The van der Waals surface area contributed by atoms with Gasteiger partial charge in [0.05, 0.1) is 12.5 Å². The van der Waals surface area contributed by atoms with Crippen molar-refractivity contribution in [1.82, 2.24) is 19.3 Å². The number of hydrogen-bond acceptors (Lipinski definition) is 5. The molecule has 9 heteroatoms. The summed E-state index contributed by atoms with van der Waals surface area (Å²) in [5.74, 6) is 0. The van der Waals surface area contributed by atoms with Gasteiger partial charge in [0.1, 0.15) is 0 Å². The lowest BCUT2D eigenvalue weighted by Gasteiger charge is -2.04. The van der Waals surface area contributed by atoms with Crippen LogP contribution in [0.4, 0.5) is 0 Å². The molecule has 0 saturated carbocycles. The summed E-state index contributed by atoms with van der Waals surface area (Å²) in [6.45, 7) is 1.22. The van der Waals surface area contributed by atoms with E-state index in [9.17, 15) is 8.42 Å². The summed E-state index contributed by atoms with van der Waals surface area (Å²) in [5, 5.41) is 0. The summed E-state index contributed by atoms with van der Waals surface area (Å²) in [7, 11) is -3.47. The quantitative estimate of drug-likeness (QED) is 0.788. The van der Waals surface area contributed by atoms with E-state index in [1.165, 1.54) is 6.20 Å². The highest BCUT2D eigenvalue weighted by Gasteiger charge is 2.16. The van der Waals surface area contributed by atoms with Crippen LogP contribution < -0.4 is 4.72 Å². The molecular weight excluding hydrogens is 308 g/mol. The van der Waals surface area contributed by atoms with Crippen LogP contribution in [-0.4, -0.2) is 29.5 Å². The zero-order valence-corrected chi connectivity index (χ0v) is 12.4. The van der Waals surface area contributed by atoms with E-state index in [2.05, 4.69) is 14.7 Å². The zero-order chi connectivity index (χ0) is 13.7. The first-order chi connectivity index (χ1) is 9.08. The van der Waals surface area contributed by atoms with Crippen LogP contribution in [0.3, 0.4) is 0 Å². The van der Waals surface area contributed by atoms with Crippen LogP contribution >= 0.6 is 22.9 Å². The van der Waals surface area contributed by atoms with Crippen molar-refractivity contribution < 1.29 is 8.42 Å². The van der Waals surface area contributed by atoms with Crippen LogP contribution in [0.25, 0.3) is 0 Å². The molecule has 0 aliphatic heterocycles. The molecule has 0 unspecified atom stereocenters. The van der Waals surface area contributed by atoms with Crippen LogP contribution in [0.1, 0.15) is 12.8 Å². The fraction of sp³-hybridized carbons (Fsp3) is 0.400. The third kappa shape index (κ3) is 4.27. The molecule has 2 rings (SSSR count). The van der Waals surface area contributed by atoms with Crippen molar-refractivity contribution >= 4 is 33.0 Å². The van der Waals surface area contributed by atoms with E-state index in [-0.39, 0.29) is 8.68 Å². The number of nitrogens with one attached hydrogen (secondary N) is 1. The second-order valence-electron chi connectivity index (χ2n) is 3.84. The Hall–Kier alpha value is -0.960. The first-order valence-corrected chi connectivity index (χ1v) is 8.32. The molecule has 2 heterocycles. The number of nitrogens with zero attached hydrogens (tertiary/aromatic N) is 3. The highest BCUT2D eigenvalue weighted by atomic mass is 35.5. The topological polar surface area (TPSA) is 76.9 Å². The summed E-state index contributed by atoms with van der Waals surface area (Å²) < 4.78 is 28.5. The normalized spacial score (nSPS) is 11.8. The molecular formula is C10H13ClN4O2S2. The molecule has 0 aliphatic rings. The second kappa shape index (κ2) is 6.47. The number of halogens is 1. The SMILES string of the molecule is O=S(=O)(NCCCCn1ccnc1)c1cnc(Cl)s1. The Morgan fingerprint density at radius 1 is 1.42 bits per heavy atom. The summed E-state index contributed by atoms with van der Waals surface area (Å²) in [4.78, 5) is 7.65. The predicted molar refractivity (Wildman–Crippen MR) is 73.8 cm³/mol. The molecule has 0 fully saturated rings. The molecule has 19 heavy (non-hydrogen) atoms. The van der Waals surface area contributed by atoms with Gasteiger partial charge in [-0.2, -0.15) is 0 Å². The lowest BCUT2D eigenvalue weighted by atomic mass is 10.3. The highest BCUT2D eigenvalue weighted by molar-refractivity contribution is 7.91. The lowest BCUT2D eigenvalue weighted by Crippen LogP contribution is -2.24. The van der Waals surface area contributed by atoms with Crippen LogP contribution in [0.2, 0.25) is 4.47 Å². The molecule has 6 nitrogen and oxygen atoms in total. The zero-order valence-electron chi connectivity index (χ0n) is 9.99. The number of aryl methyl sites for hydroxylation is 1. The number of unbranched alkanes of at least 4 members (excludes halogenated alkanes) is 1. The Bertz CT molecular complexity index is 609. The third-order valence-electron chi connectivity index (χ3n) is 2.42. The maximum absolute atomic E-state index is 11.8. The molecule has 104 valence electrons. The van der Waals surface area contributed by atoms with Gasteiger partial charge in [-0.05, 0) is 12.8 Å². The largest absolute Gasteiger partial charge is 0.337 e. The Kier molecular flexibility index (Phi) is 4.92. The molecule has 2 aromatic heterocycles. The predicted octanol–water partition coefficient (Wildman–Crippen LogP) is 1.75. The van der Waals surface area contributed by atoms with E-state index in [4.69, 9.17) is 11.6 Å². The first kappa shape index (κ1) is 14.4. The van der Waals surface area contributed by atoms with E-state index < -0.39 is 10.0 Å². The van der Waals surface area contributed by atoms with Gasteiger partial charge in [0.25, 0.3) is 10.0 Å². The fourth-order valence-corrected chi connectivity index (χ4v) is 3.89. The van der Waals surface area contributed by atoms with Gasteiger partial charge in [-0.15, -0.1) is 0 Å². The van der Waals surface area contributed by atoms with Gasteiger partial charge in [-0.25, -0.2) is 23.1 Å². The number of hydrogen-bond donors (Lipinski definition) is 1. The Morgan fingerprint density at radius 3 is 2.89 bits per heavy atom. The van der Waals surface area contributed by atoms with E-state index >= 15 is 0 Å². The summed E-state index contributed by atoms with van der Waals surface area (Å²) in [6, 6.07) is 0. The van der Waals surface area contributed by atoms with Crippen molar-refractivity contribution in [2.24, 2.45) is 0 Å². The lowest BCUT2D eigenvalue weighted by molar-refractivity contribution is 0.567. The maximum Gasteiger partial charge on any atom is 0.251 e. The van der Waals surface area contributed by atoms with Gasteiger partial charge in [0.15, 0.2) is 8.68 Å². The standard InChI is InChI=1S/C10H13ClN4O2S2/c11-10-13-7-9(18-10)19(16,17)14-3-1-2-5-15-6-4-12-8-15/h4,6-8,14H,1-3,5H2. The van der Waals surface area contributed by atoms with Crippen molar-refractivity contribution in [3.63, 3.8) is 0 Å². The van der Waals surface area contributed by atoms with E-state index in [1.54, 1.807) is 12.5 Å². The number of aromatic nitrogens is 3. The van der Waals surface area contributed by atoms with Crippen molar-refractivity contribution in [2.75, 3.05) is 6.54 Å². The van der Waals surface area contributed by atoms with Crippen molar-refractivity contribution in [3.8, 4) is 0 Å². The van der Waals surface area contributed by atoms with E-state index in [0.29, 0.717) is 6.54 Å². The summed E-state index contributed by atoms with van der Waals surface area (Å²) >= 11 is 6.56. The van der Waals surface area contributed by atoms with Gasteiger partial charge in [-0.3, -0.25) is 0 Å². The number of sulfonamides is 1. The molecule has 0 saturated heterocycles. The van der Waals surface area contributed by atoms with Crippen molar-refractivity contribution in [3.05, 3.63) is 29.4 Å². The Labute approximate surface area is 120 Å². The van der Waals surface area contributed by atoms with E-state index in [0.717, 1.165) is 30.7 Å². The van der Waals surface area contributed by atoms with Gasteiger partial charge >= 0.3 is 0 Å². The van der Waals surface area contributed by atoms with Gasteiger partial charge < -0.3 is 4.57 Å². The first-order valence-electron chi connectivity index (χ1n) is 5.65. The highest BCUT2D eigenvalue weighted by Crippen LogP contribution is 2.21. The fourth-order valence-electron chi connectivity index (χ4n) is 1.48. The average molecular weight is 321 g/mol. The number of rotatable bonds is 7. The number of imidazole rings is 1. The summed E-state index contributed by atoms with van der Waals surface area (Å²) in [6.07, 6.45) is 8.23. The minimum absolute atomic E-state index is 0.145. The van der Waals surface area contributed by atoms with E-state index in [1.807, 2.05) is 10.8 Å². The molecule has 1 N–H and O–H groups in total. The van der Waals surface area contributed by atoms with Crippen LogP contribution in [0, 0.1) is 0 Å². The van der Waals surface area contributed by atoms with Crippen molar-refractivity contribution in [2.45, 2.75) is 23.6 Å². The monoisotopic (exact) mass is 320 g/mol. The maximum atomic E-state index is 11.8. The minimum atomic E-state index is -3.47.